The number of aromatic nitrogens is 2. The van der Waals surface area contributed by atoms with Crippen LogP contribution < -0.4 is 0 Å². The Balaban J connectivity index is 2.05. The van der Waals surface area contributed by atoms with Gasteiger partial charge in [0, 0.05) is 25.4 Å². The highest BCUT2D eigenvalue weighted by Gasteiger charge is 2.30. The van der Waals surface area contributed by atoms with Gasteiger partial charge in [0.2, 0.25) is 0 Å². The number of imidazole rings is 1. The minimum absolute atomic E-state index is 0.0191. The van der Waals surface area contributed by atoms with Gasteiger partial charge in [0.25, 0.3) is 5.91 Å². The number of likely N-dealkylation sites (tertiary alicyclic amines) is 1. The number of halogens is 1. The van der Waals surface area contributed by atoms with Crippen molar-refractivity contribution >= 4 is 27.5 Å². The van der Waals surface area contributed by atoms with Crippen LogP contribution in [-0.4, -0.2) is 44.5 Å². The Morgan fingerprint density at radius 2 is 2.22 bits per heavy atom. The van der Waals surface area contributed by atoms with Gasteiger partial charge in [-0.05, 0) is 67.1 Å². The smallest absolute Gasteiger partial charge is 0.273 e. The largest absolute Gasteiger partial charge is 0.396 e. The average Bonchev–Trinajstić information content (AvgIpc) is 2.84. The number of nitrogens with zero attached hydrogens (tertiary/aromatic N) is 3. The zero-order valence-electron chi connectivity index (χ0n) is 13.5. The molecule has 1 fully saturated rings. The number of pyridine rings is 1. The molecule has 1 N–H and O–H groups in total. The van der Waals surface area contributed by atoms with E-state index in [1.54, 1.807) is 0 Å². The third-order valence-corrected chi connectivity index (χ3v) is 5.12. The number of carbonyl (C=O) groups is 1. The van der Waals surface area contributed by atoms with Gasteiger partial charge in [-0.1, -0.05) is 0 Å². The number of amides is 1. The van der Waals surface area contributed by atoms with E-state index in [1.807, 2.05) is 35.4 Å². The number of aliphatic hydroxyl groups is 1. The summed E-state index contributed by atoms with van der Waals surface area (Å²) >= 11 is 3.54. The predicted molar refractivity (Wildman–Crippen MR) is 92.7 cm³/mol. The van der Waals surface area contributed by atoms with Gasteiger partial charge in [-0.2, -0.15) is 0 Å². The fourth-order valence-electron chi connectivity index (χ4n) is 3.46. The molecule has 2 aromatic heterocycles. The van der Waals surface area contributed by atoms with E-state index in [0.717, 1.165) is 47.2 Å². The number of hydrogen-bond donors (Lipinski definition) is 1. The summed E-state index contributed by atoms with van der Waals surface area (Å²) in [6.45, 7) is 4.75. The standard InChI is InChI=1S/C17H22BrN3O2/c1-11-9-14(18)16-19-12(2)15(21(16)10-11)17(23)20-7-4-3-5-13(20)6-8-22/h9-10,13,22H,3-8H2,1-2H3. The van der Waals surface area contributed by atoms with Crippen LogP contribution in [-0.2, 0) is 0 Å². The van der Waals surface area contributed by atoms with E-state index < -0.39 is 0 Å². The highest BCUT2D eigenvalue weighted by atomic mass is 79.9. The number of piperidine rings is 1. The quantitative estimate of drug-likeness (QED) is 0.891. The van der Waals surface area contributed by atoms with Crippen molar-refractivity contribution in [3.63, 3.8) is 0 Å². The topological polar surface area (TPSA) is 57.8 Å². The molecule has 1 unspecified atom stereocenters. The molecule has 6 heteroatoms. The van der Waals surface area contributed by atoms with E-state index >= 15 is 0 Å². The van der Waals surface area contributed by atoms with Crippen molar-refractivity contribution in [2.45, 2.75) is 45.6 Å². The van der Waals surface area contributed by atoms with E-state index in [4.69, 9.17) is 0 Å². The van der Waals surface area contributed by atoms with E-state index in [2.05, 4.69) is 20.9 Å². The second-order valence-corrected chi connectivity index (χ2v) is 7.12. The normalized spacial score (nSPS) is 18.6. The molecular formula is C17H22BrN3O2. The number of carbonyl (C=O) groups excluding carboxylic acids is 1. The molecule has 23 heavy (non-hydrogen) atoms. The number of hydrogen-bond acceptors (Lipinski definition) is 3. The Labute approximate surface area is 144 Å². The summed E-state index contributed by atoms with van der Waals surface area (Å²) in [5.74, 6) is 0.0191. The third-order valence-electron chi connectivity index (χ3n) is 4.54. The lowest BCUT2D eigenvalue weighted by atomic mass is 9.99. The number of fused-ring (bicyclic) bond motifs is 1. The lowest BCUT2D eigenvalue weighted by Gasteiger charge is -2.35. The summed E-state index contributed by atoms with van der Waals surface area (Å²) in [6.07, 6.45) is 5.70. The zero-order chi connectivity index (χ0) is 16.6. The fraction of sp³-hybridized carbons (Fsp3) is 0.529. The van der Waals surface area contributed by atoms with Gasteiger partial charge in [0.05, 0.1) is 10.2 Å². The molecule has 1 aliphatic rings. The summed E-state index contributed by atoms with van der Waals surface area (Å²) in [7, 11) is 0. The summed E-state index contributed by atoms with van der Waals surface area (Å²) in [5, 5.41) is 9.29. The van der Waals surface area contributed by atoms with Gasteiger partial charge in [0.1, 0.15) is 5.69 Å². The molecule has 1 amide bonds. The Morgan fingerprint density at radius 3 is 2.96 bits per heavy atom. The second kappa shape index (κ2) is 6.61. The molecule has 1 aliphatic heterocycles. The van der Waals surface area contributed by atoms with E-state index in [-0.39, 0.29) is 18.6 Å². The Hall–Kier alpha value is -1.40. The van der Waals surface area contributed by atoms with Crippen molar-refractivity contribution < 1.29 is 9.90 Å². The van der Waals surface area contributed by atoms with Crippen molar-refractivity contribution in [3.8, 4) is 0 Å². The summed E-state index contributed by atoms with van der Waals surface area (Å²) in [6, 6.07) is 2.13. The van der Waals surface area contributed by atoms with Crippen molar-refractivity contribution in [2.24, 2.45) is 0 Å². The van der Waals surface area contributed by atoms with Crippen LogP contribution in [0.5, 0.6) is 0 Å². The first-order valence-electron chi connectivity index (χ1n) is 8.09. The lowest BCUT2D eigenvalue weighted by molar-refractivity contribution is 0.0567. The second-order valence-electron chi connectivity index (χ2n) is 6.27. The van der Waals surface area contributed by atoms with Gasteiger partial charge in [-0.3, -0.25) is 9.20 Å². The summed E-state index contributed by atoms with van der Waals surface area (Å²) in [4.78, 5) is 19.7. The molecule has 1 saturated heterocycles. The lowest BCUT2D eigenvalue weighted by Crippen LogP contribution is -2.44. The highest BCUT2D eigenvalue weighted by molar-refractivity contribution is 9.10. The van der Waals surface area contributed by atoms with Crippen LogP contribution >= 0.6 is 15.9 Å². The van der Waals surface area contributed by atoms with Gasteiger partial charge in [0.15, 0.2) is 5.65 Å². The third kappa shape index (κ3) is 3.02. The fourth-order valence-corrected chi connectivity index (χ4v) is 4.10. The molecule has 124 valence electrons. The Bertz CT molecular complexity index is 739. The molecule has 1 atom stereocenters. The van der Waals surface area contributed by atoms with E-state index in [0.29, 0.717) is 12.1 Å². The van der Waals surface area contributed by atoms with Crippen molar-refractivity contribution in [1.82, 2.24) is 14.3 Å². The average molecular weight is 380 g/mol. The Morgan fingerprint density at radius 1 is 1.43 bits per heavy atom. The molecule has 0 spiro atoms. The van der Waals surface area contributed by atoms with Gasteiger partial charge < -0.3 is 10.0 Å². The molecule has 0 saturated carbocycles. The molecule has 0 aromatic carbocycles. The van der Waals surface area contributed by atoms with Gasteiger partial charge in [-0.15, -0.1) is 0 Å². The van der Waals surface area contributed by atoms with Crippen LogP contribution in [0.1, 0.15) is 47.4 Å². The first-order valence-corrected chi connectivity index (χ1v) is 8.89. The number of aliphatic hydroxyl groups excluding tert-OH is 1. The maximum Gasteiger partial charge on any atom is 0.273 e. The number of aryl methyl sites for hydroxylation is 2. The molecule has 0 bridgehead atoms. The van der Waals surface area contributed by atoms with Crippen molar-refractivity contribution in [1.29, 1.82) is 0 Å². The zero-order valence-corrected chi connectivity index (χ0v) is 15.1. The molecular weight excluding hydrogens is 358 g/mol. The first kappa shape index (κ1) is 16.5. The monoisotopic (exact) mass is 379 g/mol. The molecule has 3 heterocycles. The Kier molecular flexibility index (Phi) is 4.73. The molecule has 0 aliphatic carbocycles. The molecule has 5 nitrogen and oxygen atoms in total. The van der Waals surface area contributed by atoms with Crippen LogP contribution in [0, 0.1) is 13.8 Å². The van der Waals surface area contributed by atoms with Crippen molar-refractivity contribution in [3.05, 3.63) is 33.7 Å². The minimum atomic E-state index is 0.0191. The molecule has 0 radical (unpaired) electrons. The summed E-state index contributed by atoms with van der Waals surface area (Å²) < 4.78 is 2.78. The minimum Gasteiger partial charge on any atom is -0.396 e. The van der Waals surface area contributed by atoms with Crippen molar-refractivity contribution in [2.75, 3.05) is 13.2 Å². The van der Waals surface area contributed by atoms with Gasteiger partial charge in [-0.25, -0.2) is 4.98 Å². The first-order chi connectivity index (χ1) is 11.0. The van der Waals surface area contributed by atoms with Crippen LogP contribution in [0.25, 0.3) is 5.65 Å². The van der Waals surface area contributed by atoms with Crippen LogP contribution in [0.4, 0.5) is 0 Å². The predicted octanol–water partition coefficient (Wildman–Crippen LogP) is 3.09. The van der Waals surface area contributed by atoms with E-state index in [1.165, 1.54) is 0 Å². The van der Waals surface area contributed by atoms with E-state index in [9.17, 15) is 9.90 Å². The van der Waals surface area contributed by atoms with Gasteiger partial charge >= 0.3 is 0 Å². The summed E-state index contributed by atoms with van der Waals surface area (Å²) in [5.41, 5.74) is 3.22. The van der Waals surface area contributed by atoms with Crippen LogP contribution in [0.15, 0.2) is 16.7 Å². The maximum atomic E-state index is 13.2. The SMILES string of the molecule is Cc1cc(Br)c2nc(C)c(C(=O)N3CCCCC3CCO)n2c1. The molecule has 2 aromatic rings. The number of rotatable bonds is 3. The highest BCUT2D eigenvalue weighted by Crippen LogP contribution is 2.26. The van der Waals surface area contributed by atoms with Crippen LogP contribution in [0.2, 0.25) is 0 Å². The molecule has 3 rings (SSSR count). The van der Waals surface area contributed by atoms with Crippen LogP contribution in [0.3, 0.4) is 0 Å². The maximum absolute atomic E-state index is 13.2.